The minimum atomic E-state index is -4.35. The summed E-state index contributed by atoms with van der Waals surface area (Å²) in [7, 11) is 0. The van der Waals surface area contributed by atoms with Gasteiger partial charge in [-0.2, -0.15) is 13.2 Å². The van der Waals surface area contributed by atoms with Crippen LogP contribution in [0.5, 0.6) is 0 Å². The fourth-order valence-corrected chi connectivity index (χ4v) is 2.22. The number of ether oxygens (including phenoxy) is 1. The number of benzene rings is 1. The van der Waals surface area contributed by atoms with Gasteiger partial charge in [-0.25, -0.2) is 0 Å². The van der Waals surface area contributed by atoms with Crippen LogP contribution >= 0.6 is 0 Å². The summed E-state index contributed by atoms with van der Waals surface area (Å²) in [5, 5.41) is 2.79. The minimum Gasteiger partial charge on any atom is -0.370 e. The molecule has 1 atom stereocenters. The molecule has 0 bridgehead atoms. The molecule has 0 spiro atoms. The van der Waals surface area contributed by atoms with Crippen LogP contribution in [0.1, 0.15) is 30.0 Å². The van der Waals surface area contributed by atoms with E-state index in [1.165, 1.54) is 0 Å². The molecule has 0 radical (unpaired) electrons. The molecule has 0 fully saturated rings. The molecule has 1 amide bonds. The summed E-state index contributed by atoms with van der Waals surface area (Å²) in [6, 6.07) is 4.63. The second-order valence-corrected chi connectivity index (χ2v) is 5.06. The number of fused-ring (bicyclic) bond motifs is 1. The Labute approximate surface area is 120 Å². The first-order valence-electron chi connectivity index (χ1n) is 6.68. The highest BCUT2D eigenvalue weighted by atomic mass is 19.4. The maximum Gasteiger partial charge on any atom is 0.411 e. The van der Waals surface area contributed by atoms with Gasteiger partial charge in [0.05, 0.1) is 12.6 Å². The number of nitrogens with one attached hydrogen (secondary N) is 1. The van der Waals surface area contributed by atoms with Gasteiger partial charge in [-0.15, -0.1) is 0 Å². The van der Waals surface area contributed by atoms with Crippen LogP contribution in [0.4, 0.5) is 18.9 Å². The van der Waals surface area contributed by atoms with Gasteiger partial charge in [0.25, 0.3) is 0 Å². The van der Waals surface area contributed by atoms with Crippen LogP contribution in [0, 0.1) is 0 Å². The first-order chi connectivity index (χ1) is 9.85. The van der Waals surface area contributed by atoms with E-state index in [1.807, 2.05) is 6.07 Å². The second-order valence-electron chi connectivity index (χ2n) is 5.06. The summed E-state index contributed by atoms with van der Waals surface area (Å²) in [6.07, 6.45) is -2.41. The SMILES string of the molecule is NC(COCC(F)(F)F)c1ccc2c(c1)CCCC(=O)N2. The van der Waals surface area contributed by atoms with Gasteiger partial charge in [-0.05, 0) is 30.0 Å². The van der Waals surface area contributed by atoms with Crippen LogP contribution in [0.3, 0.4) is 0 Å². The van der Waals surface area contributed by atoms with Crippen molar-refractivity contribution in [2.24, 2.45) is 5.73 Å². The number of nitrogens with two attached hydrogens (primary N) is 1. The van der Waals surface area contributed by atoms with Gasteiger partial charge in [0.15, 0.2) is 0 Å². The zero-order valence-electron chi connectivity index (χ0n) is 11.4. The van der Waals surface area contributed by atoms with E-state index >= 15 is 0 Å². The van der Waals surface area contributed by atoms with Crippen LogP contribution < -0.4 is 11.1 Å². The van der Waals surface area contributed by atoms with Crippen LogP contribution in [0.2, 0.25) is 0 Å². The van der Waals surface area contributed by atoms with Gasteiger partial charge < -0.3 is 15.8 Å². The van der Waals surface area contributed by atoms with Crippen molar-refractivity contribution < 1.29 is 22.7 Å². The Bertz CT molecular complexity index is 517. The Morgan fingerprint density at radius 1 is 1.33 bits per heavy atom. The van der Waals surface area contributed by atoms with Crippen molar-refractivity contribution >= 4 is 11.6 Å². The number of aryl methyl sites for hydroxylation is 1. The first-order valence-corrected chi connectivity index (χ1v) is 6.68. The van der Waals surface area contributed by atoms with E-state index in [2.05, 4.69) is 10.1 Å². The normalized spacial score (nSPS) is 16.9. The summed E-state index contributed by atoms with van der Waals surface area (Å²) in [6.45, 7) is -1.51. The van der Waals surface area contributed by atoms with Crippen molar-refractivity contribution in [2.75, 3.05) is 18.5 Å². The Hall–Kier alpha value is -1.60. The minimum absolute atomic E-state index is 0.0284. The average molecular weight is 302 g/mol. The molecule has 2 rings (SSSR count). The lowest BCUT2D eigenvalue weighted by Gasteiger charge is -2.16. The van der Waals surface area contributed by atoms with Crippen LogP contribution in [0.15, 0.2) is 18.2 Å². The maximum atomic E-state index is 12.0. The van der Waals surface area contributed by atoms with Gasteiger partial charge in [0, 0.05) is 12.1 Å². The lowest BCUT2D eigenvalue weighted by Crippen LogP contribution is -2.23. The van der Waals surface area contributed by atoms with E-state index in [9.17, 15) is 18.0 Å². The van der Waals surface area contributed by atoms with E-state index in [4.69, 9.17) is 5.73 Å². The first kappa shape index (κ1) is 15.8. The molecule has 0 aliphatic carbocycles. The van der Waals surface area contributed by atoms with E-state index in [0.717, 1.165) is 24.1 Å². The third-order valence-electron chi connectivity index (χ3n) is 3.24. The molecule has 1 unspecified atom stereocenters. The van der Waals surface area contributed by atoms with E-state index in [1.54, 1.807) is 12.1 Å². The fraction of sp³-hybridized carbons (Fsp3) is 0.500. The topological polar surface area (TPSA) is 64.3 Å². The molecular formula is C14H17F3N2O2. The predicted octanol–water partition coefficient (Wildman–Crippen LogP) is 2.54. The quantitative estimate of drug-likeness (QED) is 0.898. The van der Waals surface area contributed by atoms with Crippen LogP contribution in [-0.4, -0.2) is 25.3 Å². The second kappa shape index (κ2) is 6.44. The molecular weight excluding hydrogens is 285 g/mol. The number of hydrogen-bond donors (Lipinski definition) is 2. The van der Waals surface area contributed by atoms with Crippen molar-refractivity contribution in [3.63, 3.8) is 0 Å². The Morgan fingerprint density at radius 3 is 2.81 bits per heavy atom. The molecule has 0 saturated heterocycles. The molecule has 7 heteroatoms. The monoisotopic (exact) mass is 302 g/mol. The van der Waals surface area contributed by atoms with Gasteiger partial charge in [0.1, 0.15) is 6.61 Å². The summed E-state index contributed by atoms with van der Waals surface area (Å²) in [4.78, 5) is 11.4. The van der Waals surface area contributed by atoms with Gasteiger partial charge in [0.2, 0.25) is 5.91 Å². The fourth-order valence-electron chi connectivity index (χ4n) is 2.22. The van der Waals surface area contributed by atoms with Crippen LogP contribution in [-0.2, 0) is 16.0 Å². The molecule has 1 aromatic rings. The molecule has 116 valence electrons. The summed E-state index contributed by atoms with van der Waals surface area (Å²) < 4.78 is 40.6. The molecule has 4 nitrogen and oxygen atoms in total. The third-order valence-corrected chi connectivity index (χ3v) is 3.24. The molecule has 0 aromatic heterocycles. The molecule has 21 heavy (non-hydrogen) atoms. The largest absolute Gasteiger partial charge is 0.411 e. The Balaban J connectivity index is 2.00. The number of amides is 1. The number of carbonyl (C=O) groups excluding carboxylic acids is 1. The molecule has 3 N–H and O–H groups in total. The molecule has 0 saturated carbocycles. The predicted molar refractivity (Wildman–Crippen MR) is 71.8 cm³/mol. The smallest absolute Gasteiger partial charge is 0.370 e. The number of rotatable bonds is 4. The Kier molecular flexibility index (Phi) is 4.84. The number of anilines is 1. The van der Waals surface area contributed by atoms with Crippen molar-refractivity contribution in [1.82, 2.24) is 0 Å². The zero-order valence-corrected chi connectivity index (χ0v) is 11.4. The van der Waals surface area contributed by atoms with Crippen molar-refractivity contribution in [2.45, 2.75) is 31.5 Å². The molecule has 1 aliphatic rings. The number of halogens is 3. The lowest BCUT2D eigenvalue weighted by atomic mass is 10.0. The number of carbonyl (C=O) groups is 1. The molecule has 1 aliphatic heterocycles. The van der Waals surface area contributed by atoms with Gasteiger partial charge in [-0.3, -0.25) is 4.79 Å². The Morgan fingerprint density at radius 2 is 2.10 bits per heavy atom. The van der Waals surface area contributed by atoms with Crippen molar-refractivity contribution in [3.8, 4) is 0 Å². The van der Waals surface area contributed by atoms with Crippen molar-refractivity contribution in [3.05, 3.63) is 29.3 Å². The standard InChI is InChI=1S/C14H17F3N2O2/c15-14(16,17)8-21-7-11(18)9-4-5-12-10(6-9)2-1-3-13(20)19-12/h4-6,11H,1-3,7-8,18H2,(H,19,20). The van der Waals surface area contributed by atoms with E-state index < -0.39 is 18.8 Å². The van der Waals surface area contributed by atoms with Gasteiger partial charge >= 0.3 is 6.18 Å². The van der Waals surface area contributed by atoms with E-state index in [-0.39, 0.29) is 12.5 Å². The van der Waals surface area contributed by atoms with Crippen molar-refractivity contribution in [1.29, 1.82) is 0 Å². The van der Waals surface area contributed by atoms with E-state index in [0.29, 0.717) is 12.0 Å². The summed E-state index contributed by atoms with van der Waals surface area (Å²) >= 11 is 0. The lowest BCUT2D eigenvalue weighted by molar-refractivity contribution is -0.174. The highest BCUT2D eigenvalue weighted by Crippen LogP contribution is 2.25. The molecule has 1 heterocycles. The highest BCUT2D eigenvalue weighted by molar-refractivity contribution is 5.92. The van der Waals surface area contributed by atoms with Gasteiger partial charge in [-0.1, -0.05) is 12.1 Å². The zero-order chi connectivity index (χ0) is 15.5. The van der Waals surface area contributed by atoms with Crippen LogP contribution in [0.25, 0.3) is 0 Å². The molecule has 1 aromatic carbocycles. The third kappa shape index (κ3) is 4.71. The highest BCUT2D eigenvalue weighted by Gasteiger charge is 2.27. The number of alkyl halides is 3. The summed E-state index contributed by atoms with van der Waals surface area (Å²) in [5.41, 5.74) is 8.23. The summed E-state index contributed by atoms with van der Waals surface area (Å²) in [5.74, 6) is -0.0284. The number of hydrogen-bond acceptors (Lipinski definition) is 3. The average Bonchev–Trinajstić information content (AvgIpc) is 2.56. The maximum absolute atomic E-state index is 12.0.